The van der Waals surface area contributed by atoms with Gasteiger partial charge in [0.15, 0.2) is 6.10 Å². The average molecular weight is 1040 g/mol. The molecule has 6 heteroatoms. The minimum atomic E-state index is -0.796. The van der Waals surface area contributed by atoms with Crippen molar-refractivity contribution in [1.82, 2.24) is 0 Å². The lowest BCUT2D eigenvalue weighted by Gasteiger charge is -2.18. The normalized spacial score (nSPS) is 12.9. The molecule has 0 spiro atoms. The number of carbonyl (C=O) groups excluding carboxylic acids is 3. The molecule has 0 amide bonds. The van der Waals surface area contributed by atoms with Crippen molar-refractivity contribution in [2.45, 2.75) is 284 Å². The Balaban J connectivity index is 4.39. The van der Waals surface area contributed by atoms with Crippen LogP contribution in [0, 0.1) is 0 Å². The van der Waals surface area contributed by atoms with Crippen molar-refractivity contribution in [3.8, 4) is 0 Å². The van der Waals surface area contributed by atoms with Crippen molar-refractivity contribution in [3.05, 3.63) is 122 Å². The first-order chi connectivity index (χ1) is 37.0. The largest absolute Gasteiger partial charge is 0.462 e. The molecule has 0 fully saturated rings. The van der Waals surface area contributed by atoms with Crippen molar-refractivity contribution in [2.75, 3.05) is 13.2 Å². The van der Waals surface area contributed by atoms with Crippen LogP contribution in [-0.2, 0) is 28.6 Å². The molecule has 0 aliphatic heterocycles. The lowest BCUT2D eigenvalue weighted by molar-refractivity contribution is -0.167. The summed E-state index contributed by atoms with van der Waals surface area (Å²) < 4.78 is 16.9. The maximum absolute atomic E-state index is 12.9. The zero-order valence-corrected chi connectivity index (χ0v) is 48.8. The predicted octanol–water partition coefficient (Wildman–Crippen LogP) is 21.2. The molecule has 0 aliphatic rings. The van der Waals surface area contributed by atoms with Crippen LogP contribution in [0.2, 0.25) is 0 Å². The molecule has 0 radical (unpaired) electrons. The number of unbranched alkanes of at least 4 members (excludes halogenated alkanes) is 24. The fraction of sp³-hybridized carbons (Fsp3) is 0.667. The van der Waals surface area contributed by atoms with Gasteiger partial charge in [-0.3, -0.25) is 14.4 Å². The van der Waals surface area contributed by atoms with Crippen LogP contribution < -0.4 is 0 Å². The summed E-state index contributed by atoms with van der Waals surface area (Å²) in [6.07, 6.45) is 86.2. The summed E-state index contributed by atoms with van der Waals surface area (Å²) in [5.41, 5.74) is 0. The molecule has 1 atom stereocenters. The Labute approximate surface area is 462 Å². The second kappa shape index (κ2) is 62.4. The molecule has 0 aliphatic carbocycles. The molecule has 0 aromatic carbocycles. The SMILES string of the molecule is CC/C=C\C/C=C\C/C=C\C/C=C\C/C=C\CCCCCCCCCCCC(=O)OCC(COC(=O)CCCCCCC/C=C\C/C=C\CCCCC)OC(=O)CCCCCCCCC/C=C\C/C=C\C/C=C\CC. The maximum atomic E-state index is 12.9. The summed E-state index contributed by atoms with van der Waals surface area (Å²) in [4.78, 5) is 38.3. The summed E-state index contributed by atoms with van der Waals surface area (Å²) in [5.74, 6) is -0.918. The summed E-state index contributed by atoms with van der Waals surface area (Å²) in [7, 11) is 0. The molecule has 0 rings (SSSR count). The molecule has 0 bridgehead atoms. The van der Waals surface area contributed by atoms with Crippen LogP contribution in [-0.4, -0.2) is 37.2 Å². The van der Waals surface area contributed by atoms with Gasteiger partial charge in [0.2, 0.25) is 0 Å². The van der Waals surface area contributed by atoms with E-state index in [4.69, 9.17) is 14.2 Å². The van der Waals surface area contributed by atoms with Crippen LogP contribution in [0.1, 0.15) is 278 Å². The van der Waals surface area contributed by atoms with E-state index in [2.05, 4.69) is 142 Å². The van der Waals surface area contributed by atoms with Crippen LogP contribution in [0.5, 0.6) is 0 Å². The van der Waals surface area contributed by atoms with E-state index >= 15 is 0 Å². The van der Waals surface area contributed by atoms with E-state index in [-0.39, 0.29) is 31.1 Å². The van der Waals surface area contributed by atoms with Crippen molar-refractivity contribution in [3.63, 3.8) is 0 Å². The third-order valence-electron chi connectivity index (χ3n) is 12.9. The molecule has 75 heavy (non-hydrogen) atoms. The Morgan fingerprint density at radius 2 is 0.520 bits per heavy atom. The van der Waals surface area contributed by atoms with Gasteiger partial charge in [-0.25, -0.2) is 0 Å². The van der Waals surface area contributed by atoms with Gasteiger partial charge in [0.05, 0.1) is 0 Å². The van der Waals surface area contributed by atoms with Gasteiger partial charge in [0.25, 0.3) is 0 Å². The third-order valence-corrected chi connectivity index (χ3v) is 12.9. The number of ether oxygens (including phenoxy) is 3. The number of hydrogen-bond donors (Lipinski definition) is 0. The van der Waals surface area contributed by atoms with Crippen molar-refractivity contribution >= 4 is 17.9 Å². The average Bonchev–Trinajstić information content (AvgIpc) is 3.41. The number of allylic oxidation sites excluding steroid dienone is 20. The monoisotopic (exact) mass is 1040 g/mol. The molecule has 1 unspecified atom stereocenters. The molecule has 426 valence electrons. The Bertz CT molecular complexity index is 1570. The number of esters is 3. The van der Waals surface area contributed by atoms with Gasteiger partial charge >= 0.3 is 17.9 Å². The maximum Gasteiger partial charge on any atom is 0.306 e. The Morgan fingerprint density at radius 1 is 0.280 bits per heavy atom. The zero-order valence-electron chi connectivity index (χ0n) is 48.8. The quantitative estimate of drug-likeness (QED) is 0.0261. The van der Waals surface area contributed by atoms with Gasteiger partial charge in [-0.1, -0.05) is 251 Å². The van der Waals surface area contributed by atoms with E-state index in [9.17, 15) is 14.4 Å². The van der Waals surface area contributed by atoms with Crippen LogP contribution >= 0.6 is 0 Å². The number of carbonyl (C=O) groups is 3. The Hall–Kier alpha value is -4.19. The summed E-state index contributed by atoms with van der Waals surface area (Å²) in [5, 5.41) is 0. The van der Waals surface area contributed by atoms with E-state index in [1.165, 1.54) is 89.9 Å². The highest BCUT2D eigenvalue weighted by atomic mass is 16.6. The first-order valence-corrected chi connectivity index (χ1v) is 31.0. The molecule has 0 N–H and O–H groups in total. The Morgan fingerprint density at radius 3 is 0.813 bits per heavy atom. The highest BCUT2D eigenvalue weighted by molar-refractivity contribution is 5.71. The molecule has 6 nitrogen and oxygen atoms in total. The Kier molecular flexibility index (Phi) is 58.9. The molecule has 0 saturated heterocycles. The first kappa shape index (κ1) is 70.8. The zero-order chi connectivity index (χ0) is 54.3. The van der Waals surface area contributed by atoms with Crippen LogP contribution in [0.15, 0.2) is 122 Å². The van der Waals surface area contributed by atoms with Gasteiger partial charge in [-0.05, 0) is 128 Å². The van der Waals surface area contributed by atoms with E-state index in [1.54, 1.807) is 0 Å². The van der Waals surface area contributed by atoms with Crippen molar-refractivity contribution < 1.29 is 28.6 Å². The van der Waals surface area contributed by atoms with Crippen molar-refractivity contribution in [2.24, 2.45) is 0 Å². The third kappa shape index (κ3) is 60.6. The lowest BCUT2D eigenvalue weighted by Crippen LogP contribution is -2.30. The highest BCUT2D eigenvalue weighted by Crippen LogP contribution is 2.15. The summed E-state index contributed by atoms with van der Waals surface area (Å²) in [6.45, 7) is 6.37. The van der Waals surface area contributed by atoms with E-state index in [0.29, 0.717) is 19.3 Å². The smallest absolute Gasteiger partial charge is 0.306 e. The minimum absolute atomic E-state index is 0.0921. The van der Waals surface area contributed by atoms with Crippen LogP contribution in [0.4, 0.5) is 0 Å². The number of rotatable bonds is 55. The predicted molar refractivity (Wildman–Crippen MR) is 325 cm³/mol. The molecular formula is C69H114O6. The van der Waals surface area contributed by atoms with Crippen molar-refractivity contribution in [1.29, 1.82) is 0 Å². The second-order valence-corrected chi connectivity index (χ2v) is 20.2. The molecule has 0 heterocycles. The van der Waals surface area contributed by atoms with Gasteiger partial charge in [0.1, 0.15) is 13.2 Å². The molecule has 0 aromatic rings. The van der Waals surface area contributed by atoms with E-state index < -0.39 is 6.10 Å². The minimum Gasteiger partial charge on any atom is -0.462 e. The van der Waals surface area contributed by atoms with Gasteiger partial charge in [-0.2, -0.15) is 0 Å². The standard InChI is InChI=1S/C69H114O6/c1-4-7-10-13-16-19-22-25-28-30-31-32-33-34-35-36-37-39-41-44-47-50-53-56-59-62-68(71)74-65-66(64-73-67(70)61-58-55-52-49-46-43-40-27-24-21-18-15-12-9-6-3)75-69(72)63-60-57-54-51-48-45-42-38-29-26-23-20-17-14-11-8-5-2/h7-8,10-11,16-21,25-29,31-32,34-35,40,66H,4-6,9,12-15,22-24,30,33,36-39,41-65H2,1-3H3/b10-7-,11-8-,19-16-,20-17-,21-18-,28-25-,29-26-,32-31-,35-34-,40-27-. The molecule has 0 saturated carbocycles. The van der Waals surface area contributed by atoms with E-state index in [1.807, 2.05) is 0 Å². The molecular weight excluding hydrogens is 925 g/mol. The van der Waals surface area contributed by atoms with Crippen LogP contribution in [0.25, 0.3) is 0 Å². The number of hydrogen-bond acceptors (Lipinski definition) is 6. The fourth-order valence-electron chi connectivity index (χ4n) is 8.34. The first-order valence-electron chi connectivity index (χ1n) is 31.0. The highest BCUT2D eigenvalue weighted by Gasteiger charge is 2.19. The lowest BCUT2D eigenvalue weighted by atomic mass is 10.1. The van der Waals surface area contributed by atoms with Gasteiger partial charge in [-0.15, -0.1) is 0 Å². The van der Waals surface area contributed by atoms with E-state index in [0.717, 1.165) is 148 Å². The van der Waals surface area contributed by atoms with Gasteiger partial charge < -0.3 is 14.2 Å². The van der Waals surface area contributed by atoms with Crippen LogP contribution in [0.3, 0.4) is 0 Å². The second-order valence-electron chi connectivity index (χ2n) is 20.2. The fourth-order valence-corrected chi connectivity index (χ4v) is 8.34. The molecule has 0 aromatic heterocycles. The topological polar surface area (TPSA) is 78.9 Å². The van der Waals surface area contributed by atoms with Gasteiger partial charge in [0, 0.05) is 19.3 Å². The summed E-state index contributed by atoms with van der Waals surface area (Å²) in [6, 6.07) is 0. The summed E-state index contributed by atoms with van der Waals surface area (Å²) >= 11 is 0.